The van der Waals surface area contributed by atoms with Crippen molar-refractivity contribution in [1.82, 2.24) is 0 Å². The van der Waals surface area contributed by atoms with E-state index in [1.165, 1.54) is 38.5 Å². The number of carbonyl (C=O) groups excluding carboxylic acids is 4. The number of rotatable bonds is 15. The third-order valence-corrected chi connectivity index (χ3v) is 5.98. The molecule has 0 amide bonds. The van der Waals surface area contributed by atoms with E-state index in [-0.39, 0.29) is 0 Å². The third kappa shape index (κ3) is 7.22. The lowest BCUT2D eigenvalue weighted by atomic mass is 10.0. The SMILES string of the molecule is CC1=C(CCCCCCCCCCCCCCC2=C(C)C(=O)OC2=O)C(=O)OC1=O. The molecule has 0 fully saturated rings. The predicted molar refractivity (Wildman–Crippen MR) is 112 cm³/mol. The van der Waals surface area contributed by atoms with Gasteiger partial charge in [-0.2, -0.15) is 0 Å². The van der Waals surface area contributed by atoms with Crippen molar-refractivity contribution in [1.29, 1.82) is 0 Å². The molecule has 2 aliphatic heterocycles. The number of unbranched alkanes of at least 4 members (excludes halogenated alkanes) is 11. The van der Waals surface area contributed by atoms with Crippen molar-refractivity contribution >= 4 is 23.9 Å². The number of carbonyl (C=O) groups is 4. The van der Waals surface area contributed by atoms with Gasteiger partial charge in [0.1, 0.15) is 0 Å². The van der Waals surface area contributed by atoms with E-state index in [4.69, 9.17) is 0 Å². The molecule has 166 valence electrons. The molecule has 0 aromatic rings. The highest BCUT2D eigenvalue weighted by Gasteiger charge is 2.29. The molecule has 30 heavy (non-hydrogen) atoms. The first kappa shape index (κ1) is 24.0. The number of ether oxygens (including phenoxy) is 2. The highest BCUT2D eigenvalue weighted by atomic mass is 16.6. The molecular formula is C24H34O6. The largest absolute Gasteiger partial charge is 0.386 e. The molecule has 0 unspecified atom stereocenters. The van der Waals surface area contributed by atoms with E-state index in [1.54, 1.807) is 13.8 Å². The van der Waals surface area contributed by atoms with Gasteiger partial charge in [0.05, 0.1) is 0 Å². The summed E-state index contributed by atoms with van der Waals surface area (Å²) in [6.07, 6.45) is 15.0. The minimum atomic E-state index is -0.488. The Hall–Kier alpha value is -2.24. The second-order valence-corrected chi connectivity index (χ2v) is 8.30. The number of hydrogen-bond acceptors (Lipinski definition) is 6. The molecule has 0 N–H and O–H groups in total. The Balaban J connectivity index is 1.36. The molecule has 2 rings (SSSR count). The topological polar surface area (TPSA) is 86.7 Å². The van der Waals surface area contributed by atoms with Gasteiger partial charge in [-0.05, 0) is 39.5 Å². The van der Waals surface area contributed by atoms with E-state index >= 15 is 0 Å². The monoisotopic (exact) mass is 418 g/mol. The second-order valence-electron chi connectivity index (χ2n) is 8.30. The molecule has 0 spiro atoms. The van der Waals surface area contributed by atoms with Crippen LogP contribution < -0.4 is 0 Å². The summed E-state index contributed by atoms with van der Waals surface area (Å²) < 4.78 is 9.20. The van der Waals surface area contributed by atoms with Crippen LogP contribution >= 0.6 is 0 Å². The summed E-state index contributed by atoms with van der Waals surface area (Å²) in [5.41, 5.74) is 2.07. The first-order valence-corrected chi connectivity index (χ1v) is 11.3. The molecule has 6 heteroatoms. The zero-order valence-corrected chi connectivity index (χ0v) is 18.3. The van der Waals surface area contributed by atoms with Crippen LogP contribution in [0.3, 0.4) is 0 Å². The zero-order chi connectivity index (χ0) is 21.9. The van der Waals surface area contributed by atoms with E-state index in [2.05, 4.69) is 9.47 Å². The Bertz CT molecular complexity index is 666. The zero-order valence-electron chi connectivity index (χ0n) is 18.3. The fraction of sp³-hybridized carbons (Fsp3) is 0.667. The standard InChI is InChI=1S/C24H34O6/c1-17-19(23(27)29-21(17)25)15-13-11-9-7-5-3-4-6-8-10-12-14-16-20-18(2)22(26)30-24(20)28/h3-16H2,1-2H3. The van der Waals surface area contributed by atoms with Crippen molar-refractivity contribution in [3.05, 3.63) is 22.3 Å². The minimum absolute atomic E-state index is 0.458. The fourth-order valence-corrected chi connectivity index (χ4v) is 3.95. The fourth-order valence-electron chi connectivity index (χ4n) is 3.95. The maximum absolute atomic E-state index is 11.5. The molecule has 0 radical (unpaired) electrons. The predicted octanol–water partition coefficient (Wildman–Crippen LogP) is 5.25. The van der Waals surface area contributed by atoms with Crippen molar-refractivity contribution in [2.75, 3.05) is 0 Å². The average Bonchev–Trinajstić information content (AvgIpc) is 3.09. The van der Waals surface area contributed by atoms with Gasteiger partial charge in [-0.1, -0.05) is 64.2 Å². The van der Waals surface area contributed by atoms with Gasteiger partial charge in [0.25, 0.3) is 0 Å². The van der Waals surface area contributed by atoms with Crippen molar-refractivity contribution in [3.63, 3.8) is 0 Å². The Labute approximate surface area is 179 Å². The summed E-state index contributed by atoms with van der Waals surface area (Å²) in [5, 5.41) is 0. The van der Waals surface area contributed by atoms with Crippen LogP contribution in [0.5, 0.6) is 0 Å². The van der Waals surface area contributed by atoms with Gasteiger partial charge in [-0.25, -0.2) is 19.2 Å². The van der Waals surface area contributed by atoms with Crippen molar-refractivity contribution in [3.8, 4) is 0 Å². The summed E-state index contributed by atoms with van der Waals surface area (Å²) >= 11 is 0. The van der Waals surface area contributed by atoms with Gasteiger partial charge in [0.15, 0.2) is 0 Å². The van der Waals surface area contributed by atoms with Crippen LogP contribution in [0.4, 0.5) is 0 Å². The summed E-state index contributed by atoms with van der Waals surface area (Å²) in [6.45, 7) is 3.32. The van der Waals surface area contributed by atoms with Gasteiger partial charge in [-0.15, -0.1) is 0 Å². The number of hydrogen-bond donors (Lipinski definition) is 0. The van der Waals surface area contributed by atoms with E-state index < -0.39 is 23.9 Å². The van der Waals surface area contributed by atoms with Crippen LogP contribution in [0.2, 0.25) is 0 Å². The van der Waals surface area contributed by atoms with E-state index in [0.717, 1.165) is 38.5 Å². The quantitative estimate of drug-likeness (QED) is 0.205. The maximum atomic E-state index is 11.5. The third-order valence-electron chi connectivity index (χ3n) is 5.98. The van der Waals surface area contributed by atoms with Crippen molar-refractivity contribution in [2.45, 2.75) is 104 Å². The number of esters is 4. The Kier molecular flexibility index (Phi) is 9.98. The molecule has 0 aromatic carbocycles. The molecule has 2 heterocycles. The Morgan fingerprint density at radius 3 is 0.933 bits per heavy atom. The van der Waals surface area contributed by atoms with Gasteiger partial charge in [0.2, 0.25) is 0 Å². The molecule has 6 nitrogen and oxygen atoms in total. The lowest BCUT2D eigenvalue weighted by Crippen LogP contribution is -2.02. The van der Waals surface area contributed by atoms with Crippen LogP contribution in [0.25, 0.3) is 0 Å². The molecule has 2 aliphatic rings. The van der Waals surface area contributed by atoms with Gasteiger partial charge in [0, 0.05) is 22.3 Å². The summed E-state index contributed by atoms with van der Waals surface area (Å²) in [6, 6.07) is 0. The molecule has 0 aromatic heterocycles. The average molecular weight is 419 g/mol. The molecule has 0 aliphatic carbocycles. The van der Waals surface area contributed by atoms with E-state index in [9.17, 15) is 19.2 Å². The second kappa shape index (κ2) is 12.5. The summed E-state index contributed by atoms with van der Waals surface area (Å²) in [7, 11) is 0. The maximum Gasteiger partial charge on any atom is 0.342 e. The van der Waals surface area contributed by atoms with Crippen molar-refractivity contribution in [2.24, 2.45) is 0 Å². The highest BCUT2D eigenvalue weighted by molar-refractivity contribution is 6.12. The van der Waals surface area contributed by atoms with Crippen LogP contribution in [-0.2, 0) is 28.7 Å². The van der Waals surface area contributed by atoms with Gasteiger partial charge in [-0.3, -0.25) is 0 Å². The van der Waals surface area contributed by atoms with Crippen LogP contribution in [-0.4, -0.2) is 23.9 Å². The molecular weight excluding hydrogens is 384 g/mol. The Morgan fingerprint density at radius 2 is 0.700 bits per heavy atom. The summed E-state index contributed by atoms with van der Waals surface area (Å²) in [5.74, 6) is -1.89. The van der Waals surface area contributed by atoms with E-state index in [1.807, 2.05) is 0 Å². The van der Waals surface area contributed by atoms with Crippen LogP contribution in [0.15, 0.2) is 22.3 Å². The molecule has 0 saturated heterocycles. The summed E-state index contributed by atoms with van der Waals surface area (Å²) in [4.78, 5) is 45.6. The molecule has 0 atom stereocenters. The molecule has 0 bridgehead atoms. The highest BCUT2D eigenvalue weighted by Crippen LogP contribution is 2.24. The van der Waals surface area contributed by atoms with Gasteiger partial charge < -0.3 is 9.47 Å². The van der Waals surface area contributed by atoms with Gasteiger partial charge >= 0.3 is 23.9 Å². The Morgan fingerprint density at radius 1 is 0.433 bits per heavy atom. The first-order valence-electron chi connectivity index (χ1n) is 11.3. The molecule has 0 saturated carbocycles. The lowest BCUT2D eigenvalue weighted by Gasteiger charge is -2.04. The van der Waals surface area contributed by atoms with Crippen LogP contribution in [0.1, 0.15) is 104 Å². The van der Waals surface area contributed by atoms with Crippen LogP contribution in [0, 0.1) is 0 Å². The smallest absolute Gasteiger partial charge is 0.342 e. The number of cyclic esters (lactones) is 4. The van der Waals surface area contributed by atoms with E-state index in [0.29, 0.717) is 35.1 Å². The lowest BCUT2D eigenvalue weighted by molar-refractivity contribution is -0.152. The minimum Gasteiger partial charge on any atom is -0.386 e. The normalized spacial score (nSPS) is 16.7. The van der Waals surface area contributed by atoms with Crippen molar-refractivity contribution < 1.29 is 28.7 Å². The first-order chi connectivity index (χ1) is 14.4.